The third kappa shape index (κ3) is 2.24. The Labute approximate surface area is 127 Å². The number of ether oxygens (including phenoxy) is 2. The van der Waals surface area contributed by atoms with Gasteiger partial charge >= 0.3 is 5.79 Å². The molecule has 1 unspecified atom stereocenters. The van der Waals surface area contributed by atoms with Crippen molar-refractivity contribution in [2.45, 2.75) is 5.79 Å². The van der Waals surface area contributed by atoms with E-state index in [-0.39, 0.29) is 5.78 Å². The average molecular weight is 301 g/mol. The molecule has 21 heavy (non-hydrogen) atoms. The highest BCUT2D eigenvalue weighted by Gasteiger charge is 2.48. The molecule has 1 heterocycles. The van der Waals surface area contributed by atoms with Crippen molar-refractivity contribution in [3.8, 4) is 0 Å². The lowest BCUT2D eigenvalue weighted by molar-refractivity contribution is -0.190. The number of benzene rings is 2. The van der Waals surface area contributed by atoms with Crippen LogP contribution in [0.5, 0.6) is 0 Å². The Balaban J connectivity index is 2.00. The molecule has 3 rings (SSSR count). The van der Waals surface area contributed by atoms with Gasteiger partial charge in [0.05, 0.1) is 11.8 Å². The van der Waals surface area contributed by atoms with Gasteiger partial charge < -0.3 is 9.47 Å². The van der Waals surface area contributed by atoms with E-state index >= 15 is 0 Å². The van der Waals surface area contributed by atoms with Crippen LogP contribution in [0.25, 0.3) is 5.57 Å². The van der Waals surface area contributed by atoms with Gasteiger partial charge in [-0.25, -0.2) is 0 Å². The third-order valence-corrected chi connectivity index (χ3v) is 3.73. The summed E-state index contributed by atoms with van der Waals surface area (Å²) < 4.78 is 11.0. The van der Waals surface area contributed by atoms with Crippen LogP contribution in [0, 0.1) is 0 Å². The summed E-state index contributed by atoms with van der Waals surface area (Å²) in [6.07, 6.45) is 1.45. The number of halogens is 1. The summed E-state index contributed by atoms with van der Waals surface area (Å²) in [5, 5.41) is 0.590. The van der Waals surface area contributed by atoms with Crippen molar-refractivity contribution in [1.82, 2.24) is 0 Å². The van der Waals surface area contributed by atoms with E-state index in [0.717, 1.165) is 5.56 Å². The molecule has 0 saturated heterocycles. The van der Waals surface area contributed by atoms with E-state index in [1.165, 1.54) is 13.4 Å². The summed E-state index contributed by atoms with van der Waals surface area (Å²) in [4.78, 5) is 12.8. The van der Waals surface area contributed by atoms with Gasteiger partial charge in [0.15, 0.2) is 0 Å². The van der Waals surface area contributed by atoms with Crippen LogP contribution in [-0.4, -0.2) is 12.9 Å². The molecule has 4 heteroatoms. The molecule has 0 amide bonds. The first-order chi connectivity index (χ1) is 10.2. The van der Waals surface area contributed by atoms with Crippen LogP contribution >= 0.6 is 11.6 Å². The van der Waals surface area contributed by atoms with Crippen LogP contribution in [-0.2, 0) is 20.1 Å². The summed E-state index contributed by atoms with van der Waals surface area (Å²) in [5.41, 5.74) is 1.91. The van der Waals surface area contributed by atoms with E-state index in [4.69, 9.17) is 21.1 Å². The monoisotopic (exact) mass is 300 g/mol. The van der Waals surface area contributed by atoms with Gasteiger partial charge in [0, 0.05) is 17.7 Å². The lowest BCUT2D eigenvalue weighted by Gasteiger charge is -2.25. The molecule has 1 aliphatic rings. The summed E-state index contributed by atoms with van der Waals surface area (Å²) in [6, 6.07) is 16.2. The maximum Gasteiger partial charge on any atom is 0.301 e. The lowest BCUT2D eigenvalue weighted by atomic mass is 9.94. The molecule has 2 aromatic rings. The summed E-state index contributed by atoms with van der Waals surface area (Å²) in [6.45, 7) is 0. The van der Waals surface area contributed by atoms with Gasteiger partial charge in [0.2, 0.25) is 5.78 Å². The Morgan fingerprint density at radius 1 is 1.05 bits per heavy atom. The quantitative estimate of drug-likeness (QED) is 0.865. The molecule has 1 aliphatic heterocycles. The second-order valence-corrected chi connectivity index (χ2v) is 5.11. The SMILES string of the molecule is COC1(c2ccc(Cl)cc2)OC=C(c2ccccc2)C1=O. The number of ketones is 1. The molecule has 0 N–H and O–H groups in total. The molecule has 0 radical (unpaired) electrons. The van der Waals surface area contributed by atoms with E-state index < -0.39 is 5.79 Å². The molecule has 106 valence electrons. The first kappa shape index (κ1) is 13.9. The van der Waals surface area contributed by atoms with Crippen molar-refractivity contribution in [2.75, 3.05) is 7.11 Å². The van der Waals surface area contributed by atoms with Gasteiger partial charge in [-0.15, -0.1) is 0 Å². The van der Waals surface area contributed by atoms with E-state index in [0.29, 0.717) is 16.2 Å². The Kier molecular flexibility index (Phi) is 3.53. The number of hydrogen-bond acceptors (Lipinski definition) is 3. The van der Waals surface area contributed by atoms with E-state index in [1.54, 1.807) is 24.3 Å². The third-order valence-electron chi connectivity index (χ3n) is 3.48. The van der Waals surface area contributed by atoms with Crippen LogP contribution in [0.1, 0.15) is 11.1 Å². The van der Waals surface area contributed by atoms with Crippen molar-refractivity contribution in [1.29, 1.82) is 0 Å². The highest BCUT2D eigenvalue weighted by Crippen LogP contribution is 2.39. The fraction of sp³-hybridized carbons (Fsp3) is 0.118. The molecule has 0 saturated carbocycles. The predicted molar refractivity (Wildman–Crippen MR) is 80.7 cm³/mol. The minimum atomic E-state index is -1.43. The average Bonchev–Trinajstić information content (AvgIpc) is 2.87. The van der Waals surface area contributed by atoms with Crippen LogP contribution in [0.3, 0.4) is 0 Å². The molecule has 0 bridgehead atoms. The zero-order chi connectivity index (χ0) is 14.9. The molecule has 0 fully saturated rings. The van der Waals surface area contributed by atoms with Crippen molar-refractivity contribution >= 4 is 23.0 Å². The number of carbonyl (C=O) groups is 1. The molecule has 0 aliphatic carbocycles. The second kappa shape index (κ2) is 5.35. The highest BCUT2D eigenvalue weighted by molar-refractivity contribution is 6.30. The van der Waals surface area contributed by atoms with Crippen LogP contribution in [0.15, 0.2) is 60.9 Å². The van der Waals surface area contributed by atoms with Gasteiger partial charge in [-0.3, -0.25) is 4.79 Å². The molecule has 1 atom stereocenters. The van der Waals surface area contributed by atoms with E-state index in [1.807, 2.05) is 30.3 Å². The number of carbonyl (C=O) groups excluding carboxylic acids is 1. The normalized spacial score (nSPS) is 21.0. The topological polar surface area (TPSA) is 35.5 Å². The van der Waals surface area contributed by atoms with Crippen molar-refractivity contribution in [3.63, 3.8) is 0 Å². The Morgan fingerprint density at radius 3 is 2.33 bits per heavy atom. The van der Waals surface area contributed by atoms with Crippen molar-refractivity contribution < 1.29 is 14.3 Å². The fourth-order valence-electron chi connectivity index (χ4n) is 2.37. The number of rotatable bonds is 3. The molecule has 0 spiro atoms. The van der Waals surface area contributed by atoms with Crippen LogP contribution in [0.2, 0.25) is 5.02 Å². The van der Waals surface area contributed by atoms with Crippen LogP contribution < -0.4 is 0 Å². The molecule has 3 nitrogen and oxygen atoms in total. The largest absolute Gasteiger partial charge is 0.458 e. The zero-order valence-electron chi connectivity index (χ0n) is 11.4. The first-order valence-electron chi connectivity index (χ1n) is 6.47. The Hall–Kier alpha value is -2.10. The summed E-state index contributed by atoms with van der Waals surface area (Å²) in [5.74, 6) is -1.66. The first-order valence-corrected chi connectivity index (χ1v) is 6.84. The van der Waals surface area contributed by atoms with Crippen molar-refractivity contribution in [2.24, 2.45) is 0 Å². The molecule has 2 aromatic carbocycles. The van der Waals surface area contributed by atoms with Gasteiger partial charge in [-0.1, -0.05) is 54.1 Å². The standard InChI is InChI=1S/C17H13ClO3/c1-20-17(13-7-9-14(18)10-8-13)16(19)15(11-21-17)12-5-3-2-4-6-12/h2-11H,1H3. The Morgan fingerprint density at radius 2 is 1.71 bits per heavy atom. The number of methoxy groups -OCH3 is 1. The van der Waals surface area contributed by atoms with Gasteiger partial charge in [0.1, 0.15) is 0 Å². The highest BCUT2D eigenvalue weighted by atomic mass is 35.5. The maximum atomic E-state index is 12.8. The molecular weight excluding hydrogens is 288 g/mol. The fourth-order valence-corrected chi connectivity index (χ4v) is 2.50. The zero-order valence-corrected chi connectivity index (χ0v) is 12.1. The minimum Gasteiger partial charge on any atom is -0.458 e. The maximum absolute atomic E-state index is 12.8. The van der Waals surface area contributed by atoms with E-state index in [2.05, 4.69) is 0 Å². The van der Waals surface area contributed by atoms with E-state index in [9.17, 15) is 4.79 Å². The van der Waals surface area contributed by atoms with Gasteiger partial charge in [0.25, 0.3) is 0 Å². The Bertz CT molecular complexity index is 692. The second-order valence-electron chi connectivity index (χ2n) is 4.67. The minimum absolute atomic E-state index is 0.224. The lowest BCUT2D eigenvalue weighted by Crippen LogP contribution is -2.36. The smallest absolute Gasteiger partial charge is 0.301 e. The molecular formula is C17H13ClO3. The summed E-state index contributed by atoms with van der Waals surface area (Å²) in [7, 11) is 1.45. The predicted octanol–water partition coefficient (Wildman–Crippen LogP) is 3.78. The molecule has 0 aromatic heterocycles. The summed E-state index contributed by atoms with van der Waals surface area (Å²) >= 11 is 5.89. The number of hydrogen-bond donors (Lipinski definition) is 0. The van der Waals surface area contributed by atoms with Gasteiger partial charge in [-0.05, 0) is 17.7 Å². The number of Topliss-reactive ketones (excluding diaryl/α,β-unsaturated/α-hetero) is 1. The van der Waals surface area contributed by atoms with Crippen LogP contribution in [0.4, 0.5) is 0 Å². The van der Waals surface area contributed by atoms with Gasteiger partial charge in [-0.2, -0.15) is 0 Å². The van der Waals surface area contributed by atoms with Crippen molar-refractivity contribution in [3.05, 3.63) is 77.0 Å².